The van der Waals surface area contributed by atoms with Crippen LogP contribution in [0, 0.1) is 11.6 Å². The van der Waals surface area contributed by atoms with E-state index < -0.39 is 17.7 Å². The Morgan fingerprint density at radius 3 is 2.45 bits per heavy atom. The zero-order chi connectivity index (χ0) is 14.5. The first kappa shape index (κ1) is 14.1. The van der Waals surface area contributed by atoms with Crippen molar-refractivity contribution in [2.24, 2.45) is 5.73 Å². The number of nitrogens with one attached hydrogen (secondary N) is 1. The Labute approximate surface area is 115 Å². The summed E-state index contributed by atoms with van der Waals surface area (Å²) in [4.78, 5) is 11.8. The van der Waals surface area contributed by atoms with Crippen LogP contribution in [0.4, 0.5) is 14.5 Å². The summed E-state index contributed by atoms with van der Waals surface area (Å²) in [5.41, 5.74) is 6.95. The van der Waals surface area contributed by atoms with Gasteiger partial charge in [-0.25, -0.2) is 8.78 Å². The van der Waals surface area contributed by atoms with E-state index in [-0.39, 0.29) is 18.0 Å². The molecule has 2 aromatic rings. The monoisotopic (exact) mass is 276 g/mol. The summed E-state index contributed by atoms with van der Waals surface area (Å²) in [6, 6.07) is 11.9. The molecule has 2 rings (SSSR count). The van der Waals surface area contributed by atoms with E-state index in [4.69, 9.17) is 5.73 Å². The van der Waals surface area contributed by atoms with E-state index in [0.29, 0.717) is 0 Å². The van der Waals surface area contributed by atoms with E-state index in [1.807, 2.05) is 30.3 Å². The average molecular weight is 276 g/mol. The number of carbonyl (C=O) groups is 1. The minimum atomic E-state index is -1.00. The Bertz CT molecular complexity index is 602. The first-order chi connectivity index (χ1) is 9.56. The fourth-order valence-corrected chi connectivity index (χ4v) is 1.80. The van der Waals surface area contributed by atoms with Gasteiger partial charge in [-0.1, -0.05) is 30.3 Å². The molecule has 20 heavy (non-hydrogen) atoms. The molecule has 0 radical (unpaired) electrons. The van der Waals surface area contributed by atoms with Crippen molar-refractivity contribution >= 4 is 11.6 Å². The summed E-state index contributed by atoms with van der Waals surface area (Å²) < 4.78 is 25.8. The minimum Gasteiger partial charge on any atom is -0.326 e. The maximum Gasteiger partial charge on any atom is 0.226 e. The van der Waals surface area contributed by atoms with Gasteiger partial charge in [-0.15, -0.1) is 0 Å². The largest absolute Gasteiger partial charge is 0.326 e. The van der Waals surface area contributed by atoms with Gasteiger partial charge in [0.05, 0.1) is 0 Å². The van der Waals surface area contributed by atoms with E-state index in [0.717, 1.165) is 17.7 Å². The maximum atomic E-state index is 13.0. The highest BCUT2D eigenvalue weighted by molar-refractivity contribution is 5.91. The topological polar surface area (TPSA) is 55.1 Å². The minimum absolute atomic E-state index is 0.0585. The van der Waals surface area contributed by atoms with Crippen LogP contribution >= 0.6 is 0 Å². The maximum absolute atomic E-state index is 13.0. The molecule has 0 aliphatic carbocycles. The first-order valence-electron chi connectivity index (χ1n) is 6.11. The average Bonchev–Trinajstić information content (AvgIpc) is 2.44. The van der Waals surface area contributed by atoms with E-state index in [1.165, 1.54) is 6.07 Å². The lowest BCUT2D eigenvalue weighted by atomic mass is 10.0. The van der Waals surface area contributed by atoms with Crippen molar-refractivity contribution < 1.29 is 13.6 Å². The number of carbonyl (C=O) groups excluding carboxylic acids is 1. The fraction of sp³-hybridized carbons (Fsp3) is 0.133. The molecule has 3 nitrogen and oxygen atoms in total. The molecule has 0 spiro atoms. The van der Waals surface area contributed by atoms with Gasteiger partial charge in [0.25, 0.3) is 0 Å². The van der Waals surface area contributed by atoms with Crippen molar-refractivity contribution in [2.45, 2.75) is 12.5 Å². The number of amides is 1. The molecule has 1 atom stereocenters. The molecule has 104 valence electrons. The summed E-state index contributed by atoms with van der Waals surface area (Å²) >= 11 is 0. The summed E-state index contributed by atoms with van der Waals surface area (Å²) in [6.07, 6.45) is 0.0585. The molecular formula is C15H14F2N2O. The zero-order valence-corrected chi connectivity index (χ0v) is 10.6. The molecule has 2 aromatic carbocycles. The van der Waals surface area contributed by atoms with Crippen LogP contribution < -0.4 is 11.1 Å². The van der Waals surface area contributed by atoms with Crippen LogP contribution in [0.25, 0.3) is 0 Å². The predicted molar refractivity (Wildman–Crippen MR) is 73.0 cm³/mol. The molecule has 0 fully saturated rings. The van der Waals surface area contributed by atoms with E-state index in [2.05, 4.69) is 5.32 Å². The Morgan fingerprint density at radius 1 is 1.10 bits per heavy atom. The van der Waals surface area contributed by atoms with Crippen LogP contribution in [0.1, 0.15) is 18.0 Å². The van der Waals surface area contributed by atoms with Crippen molar-refractivity contribution in [3.63, 3.8) is 0 Å². The highest BCUT2D eigenvalue weighted by atomic mass is 19.2. The fourth-order valence-electron chi connectivity index (χ4n) is 1.80. The quantitative estimate of drug-likeness (QED) is 0.902. The molecular weight excluding hydrogens is 262 g/mol. The van der Waals surface area contributed by atoms with E-state index >= 15 is 0 Å². The number of nitrogens with two attached hydrogens (primary N) is 1. The van der Waals surface area contributed by atoms with Gasteiger partial charge in [-0.05, 0) is 17.7 Å². The number of halogens is 2. The Morgan fingerprint density at radius 2 is 1.80 bits per heavy atom. The normalized spacial score (nSPS) is 11.9. The standard InChI is InChI=1S/C15H14F2N2O/c16-12-7-6-11(8-13(12)17)19-15(20)9-14(18)10-4-2-1-3-5-10/h1-8,14H,9,18H2,(H,19,20). The highest BCUT2D eigenvalue weighted by Gasteiger charge is 2.12. The molecule has 0 saturated heterocycles. The second kappa shape index (κ2) is 6.25. The van der Waals surface area contributed by atoms with Crippen LogP contribution in [-0.4, -0.2) is 5.91 Å². The molecule has 3 N–H and O–H groups in total. The first-order valence-corrected chi connectivity index (χ1v) is 6.11. The molecule has 5 heteroatoms. The summed E-state index contributed by atoms with van der Waals surface area (Å²) in [5.74, 6) is -2.31. The molecule has 1 amide bonds. The molecule has 0 heterocycles. The third-order valence-corrected chi connectivity index (χ3v) is 2.84. The Hall–Kier alpha value is -2.27. The lowest BCUT2D eigenvalue weighted by Gasteiger charge is -2.12. The lowest BCUT2D eigenvalue weighted by Crippen LogP contribution is -2.20. The molecule has 0 aliphatic rings. The van der Waals surface area contributed by atoms with Gasteiger partial charge < -0.3 is 11.1 Å². The molecule has 0 aromatic heterocycles. The van der Waals surface area contributed by atoms with Crippen LogP contribution in [0.15, 0.2) is 48.5 Å². The Balaban J connectivity index is 1.97. The zero-order valence-electron chi connectivity index (χ0n) is 10.6. The van der Waals surface area contributed by atoms with Crippen molar-refractivity contribution in [1.29, 1.82) is 0 Å². The third-order valence-electron chi connectivity index (χ3n) is 2.84. The van der Waals surface area contributed by atoms with Gasteiger partial charge in [0.2, 0.25) is 5.91 Å². The second-order valence-electron chi connectivity index (χ2n) is 4.40. The van der Waals surface area contributed by atoms with Crippen molar-refractivity contribution in [2.75, 3.05) is 5.32 Å². The third kappa shape index (κ3) is 3.61. The number of hydrogen-bond acceptors (Lipinski definition) is 2. The molecule has 0 bridgehead atoms. The van der Waals surface area contributed by atoms with Crippen LogP contribution in [0.3, 0.4) is 0 Å². The summed E-state index contributed by atoms with van der Waals surface area (Å²) in [5, 5.41) is 2.49. The van der Waals surface area contributed by atoms with Crippen LogP contribution in [0.2, 0.25) is 0 Å². The number of anilines is 1. The SMILES string of the molecule is NC(CC(=O)Nc1ccc(F)c(F)c1)c1ccccc1. The van der Waals surface area contributed by atoms with Crippen LogP contribution in [-0.2, 0) is 4.79 Å². The van der Waals surface area contributed by atoms with E-state index in [9.17, 15) is 13.6 Å². The summed E-state index contributed by atoms with van der Waals surface area (Å²) in [7, 11) is 0. The van der Waals surface area contributed by atoms with Crippen molar-refractivity contribution in [3.05, 3.63) is 65.7 Å². The van der Waals surface area contributed by atoms with Gasteiger partial charge in [-0.2, -0.15) is 0 Å². The predicted octanol–water partition coefficient (Wildman–Crippen LogP) is 2.99. The molecule has 1 unspecified atom stereocenters. The highest BCUT2D eigenvalue weighted by Crippen LogP contribution is 2.16. The summed E-state index contributed by atoms with van der Waals surface area (Å²) in [6.45, 7) is 0. The van der Waals surface area contributed by atoms with Crippen molar-refractivity contribution in [1.82, 2.24) is 0 Å². The van der Waals surface area contributed by atoms with Gasteiger partial charge in [0.1, 0.15) is 0 Å². The van der Waals surface area contributed by atoms with Crippen LogP contribution in [0.5, 0.6) is 0 Å². The smallest absolute Gasteiger partial charge is 0.226 e. The molecule has 0 saturated carbocycles. The van der Waals surface area contributed by atoms with E-state index in [1.54, 1.807) is 0 Å². The van der Waals surface area contributed by atoms with Gasteiger partial charge in [0, 0.05) is 24.2 Å². The lowest BCUT2D eigenvalue weighted by molar-refractivity contribution is -0.116. The second-order valence-corrected chi connectivity index (χ2v) is 4.40. The Kier molecular flexibility index (Phi) is 4.42. The number of hydrogen-bond donors (Lipinski definition) is 2. The molecule has 0 aliphatic heterocycles. The number of rotatable bonds is 4. The van der Waals surface area contributed by atoms with Gasteiger partial charge in [0.15, 0.2) is 11.6 Å². The van der Waals surface area contributed by atoms with Gasteiger partial charge in [-0.3, -0.25) is 4.79 Å². The number of benzene rings is 2. The van der Waals surface area contributed by atoms with Crippen molar-refractivity contribution in [3.8, 4) is 0 Å². The van der Waals surface area contributed by atoms with Gasteiger partial charge >= 0.3 is 0 Å².